The van der Waals surface area contributed by atoms with Gasteiger partial charge in [-0.1, -0.05) is 0 Å². The number of morpholine rings is 1. The lowest BCUT2D eigenvalue weighted by Crippen LogP contribution is -2.50. The molecule has 20 heavy (non-hydrogen) atoms. The molecular formula is C13H15BrN2O4. The molecule has 108 valence electrons. The number of ether oxygens (including phenoxy) is 1. The second-order valence-electron chi connectivity index (χ2n) is 5.26. The highest BCUT2D eigenvalue weighted by molar-refractivity contribution is 9.10. The first-order valence-corrected chi connectivity index (χ1v) is 6.97. The first kappa shape index (κ1) is 14.9. The van der Waals surface area contributed by atoms with Gasteiger partial charge in [0.05, 0.1) is 22.7 Å². The summed E-state index contributed by atoms with van der Waals surface area (Å²) >= 11 is 3.27. The highest BCUT2D eigenvalue weighted by atomic mass is 79.9. The Morgan fingerprint density at radius 2 is 2.20 bits per heavy atom. The maximum absolute atomic E-state index is 12.5. The Morgan fingerprint density at radius 3 is 2.80 bits per heavy atom. The molecule has 0 atom stereocenters. The normalized spacial score (nSPS) is 17.9. The van der Waals surface area contributed by atoms with Crippen LogP contribution in [0.4, 0.5) is 5.69 Å². The third-order valence-corrected chi connectivity index (χ3v) is 3.80. The van der Waals surface area contributed by atoms with Crippen molar-refractivity contribution in [3.8, 4) is 0 Å². The fourth-order valence-electron chi connectivity index (χ4n) is 2.15. The number of carbonyl (C=O) groups excluding carboxylic acids is 1. The van der Waals surface area contributed by atoms with Crippen LogP contribution in [-0.2, 0) is 4.74 Å². The number of halogens is 1. The van der Waals surface area contributed by atoms with Gasteiger partial charge in [0.25, 0.3) is 11.6 Å². The number of nitro benzene ring substituents is 1. The lowest BCUT2D eigenvalue weighted by molar-refractivity contribution is -0.384. The maximum Gasteiger partial charge on any atom is 0.270 e. The maximum atomic E-state index is 12.5. The van der Waals surface area contributed by atoms with Crippen molar-refractivity contribution in [2.24, 2.45) is 0 Å². The van der Waals surface area contributed by atoms with Crippen LogP contribution in [0.25, 0.3) is 0 Å². The van der Waals surface area contributed by atoms with Gasteiger partial charge in [-0.05, 0) is 35.8 Å². The van der Waals surface area contributed by atoms with E-state index in [2.05, 4.69) is 15.9 Å². The molecule has 1 aliphatic heterocycles. The zero-order valence-corrected chi connectivity index (χ0v) is 12.8. The lowest BCUT2D eigenvalue weighted by Gasteiger charge is -2.38. The number of benzene rings is 1. The number of hydrogen-bond acceptors (Lipinski definition) is 4. The zero-order valence-electron chi connectivity index (χ0n) is 11.3. The Labute approximate surface area is 125 Å². The quantitative estimate of drug-likeness (QED) is 0.611. The van der Waals surface area contributed by atoms with Gasteiger partial charge in [0.1, 0.15) is 0 Å². The molecule has 6 nitrogen and oxygen atoms in total. The van der Waals surface area contributed by atoms with E-state index in [1.165, 1.54) is 18.2 Å². The molecule has 1 aromatic rings. The molecule has 0 aliphatic carbocycles. The molecule has 1 fully saturated rings. The molecule has 7 heteroatoms. The Morgan fingerprint density at radius 1 is 1.50 bits per heavy atom. The summed E-state index contributed by atoms with van der Waals surface area (Å²) in [6.07, 6.45) is 0. The van der Waals surface area contributed by atoms with Crippen LogP contribution in [0.1, 0.15) is 24.2 Å². The van der Waals surface area contributed by atoms with E-state index < -0.39 is 10.5 Å². The van der Waals surface area contributed by atoms with Crippen LogP contribution in [0.15, 0.2) is 22.7 Å². The molecule has 0 aromatic heterocycles. The highest BCUT2D eigenvalue weighted by Gasteiger charge is 2.31. The SMILES string of the molecule is CC1(C)CN(C(=O)c2cc([N+](=O)[O-])ccc2Br)CCO1. The van der Waals surface area contributed by atoms with Gasteiger partial charge in [0.2, 0.25) is 0 Å². The summed E-state index contributed by atoms with van der Waals surface area (Å²) in [7, 11) is 0. The first-order valence-electron chi connectivity index (χ1n) is 6.17. The molecule has 0 unspecified atom stereocenters. The molecule has 1 aromatic carbocycles. The first-order chi connectivity index (χ1) is 9.30. The molecule has 0 radical (unpaired) electrons. The van der Waals surface area contributed by atoms with Crippen molar-refractivity contribution in [1.82, 2.24) is 4.90 Å². The minimum Gasteiger partial charge on any atom is -0.372 e. The number of carbonyl (C=O) groups is 1. The minimum atomic E-state index is -0.507. The molecule has 2 rings (SSSR count). The van der Waals surface area contributed by atoms with Crippen molar-refractivity contribution in [1.29, 1.82) is 0 Å². The van der Waals surface area contributed by atoms with Crippen molar-refractivity contribution in [2.45, 2.75) is 19.4 Å². The summed E-state index contributed by atoms with van der Waals surface area (Å²) in [6.45, 7) is 5.23. The van der Waals surface area contributed by atoms with Crippen LogP contribution in [0, 0.1) is 10.1 Å². The molecule has 1 aliphatic rings. The number of rotatable bonds is 2. The monoisotopic (exact) mass is 342 g/mol. The standard InChI is InChI=1S/C13H15BrN2O4/c1-13(2)8-15(5-6-20-13)12(17)10-7-9(16(18)19)3-4-11(10)14/h3-4,7H,5-6,8H2,1-2H3. The summed E-state index contributed by atoms with van der Waals surface area (Å²) < 4.78 is 6.11. The van der Waals surface area contributed by atoms with Gasteiger partial charge < -0.3 is 9.64 Å². The van der Waals surface area contributed by atoms with Gasteiger partial charge in [-0.3, -0.25) is 14.9 Å². The van der Waals surface area contributed by atoms with E-state index in [1.807, 2.05) is 13.8 Å². The number of nitro groups is 1. The van der Waals surface area contributed by atoms with E-state index >= 15 is 0 Å². The summed E-state index contributed by atoms with van der Waals surface area (Å²) in [5.41, 5.74) is -0.192. The second kappa shape index (κ2) is 5.49. The van der Waals surface area contributed by atoms with Gasteiger partial charge in [0, 0.05) is 29.7 Å². The molecule has 1 amide bonds. The van der Waals surface area contributed by atoms with Crippen molar-refractivity contribution < 1.29 is 14.5 Å². The van der Waals surface area contributed by atoms with E-state index in [0.717, 1.165) is 0 Å². The van der Waals surface area contributed by atoms with Crippen molar-refractivity contribution in [3.63, 3.8) is 0 Å². The van der Waals surface area contributed by atoms with Crippen LogP contribution in [-0.4, -0.2) is 41.0 Å². The third-order valence-electron chi connectivity index (χ3n) is 3.10. The van der Waals surface area contributed by atoms with Crippen molar-refractivity contribution in [2.75, 3.05) is 19.7 Å². The van der Waals surface area contributed by atoms with Gasteiger partial charge >= 0.3 is 0 Å². The van der Waals surface area contributed by atoms with Gasteiger partial charge in [0.15, 0.2) is 0 Å². The second-order valence-corrected chi connectivity index (χ2v) is 6.11. The molecule has 1 saturated heterocycles. The highest BCUT2D eigenvalue weighted by Crippen LogP contribution is 2.26. The summed E-state index contributed by atoms with van der Waals surface area (Å²) in [4.78, 5) is 24.5. The van der Waals surface area contributed by atoms with Crippen LogP contribution >= 0.6 is 15.9 Å². The van der Waals surface area contributed by atoms with E-state index in [-0.39, 0.29) is 11.6 Å². The molecule has 0 spiro atoms. The van der Waals surface area contributed by atoms with E-state index in [0.29, 0.717) is 29.7 Å². The van der Waals surface area contributed by atoms with Gasteiger partial charge in [-0.2, -0.15) is 0 Å². The van der Waals surface area contributed by atoms with Crippen molar-refractivity contribution in [3.05, 3.63) is 38.3 Å². The molecule has 0 saturated carbocycles. The Kier molecular flexibility index (Phi) is 4.10. The van der Waals surface area contributed by atoms with E-state index in [4.69, 9.17) is 4.74 Å². The average Bonchev–Trinajstić information content (AvgIpc) is 2.37. The van der Waals surface area contributed by atoms with E-state index in [1.54, 1.807) is 4.90 Å². The Hall–Kier alpha value is -1.47. The van der Waals surface area contributed by atoms with Gasteiger partial charge in [-0.25, -0.2) is 0 Å². The third kappa shape index (κ3) is 3.16. The van der Waals surface area contributed by atoms with E-state index in [9.17, 15) is 14.9 Å². The lowest BCUT2D eigenvalue weighted by atomic mass is 10.1. The van der Waals surface area contributed by atoms with Crippen LogP contribution < -0.4 is 0 Å². The molecule has 0 N–H and O–H groups in total. The number of amides is 1. The predicted octanol–water partition coefficient (Wildman–Crippen LogP) is 2.61. The fourth-order valence-corrected chi connectivity index (χ4v) is 2.57. The summed E-state index contributed by atoms with van der Waals surface area (Å²) in [5.74, 6) is -0.225. The summed E-state index contributed by atoms with van der Waals surface area (Å²) in [6, 6.07) is 4.19. The van der Waals surface area contributed by atoms with Crippen LogP contribution in [0.2, 0.25) is 0 Å². The summed E-state index contributed by atoms with van der Waals surface area (Å²) in [5, 5.41) is 10.8. The predicted molar refractivity (Wildman–Crippen MR) is 76.7 cm³/mol. The Balaban J connectivity index is 2.29. The minimum absolute atomic E-state index is 0.0935. The average molecular weight is 343 g/mol. The fraction of sp³-hybridized carbons (Fsp3) is 0.462. The van der Waals surface area contributed by atoms with Crippen LogP contribution in [0.5, 0.6) is 0 Å². The van der Waals surface area contributed by atoms with Crippen LogP contribution in [0.3, 0.4) is 0 Å². The van der Waals surface area contributed by atoms with Crippen molar-refractivity contribution >= 4 is 27.5 Å². The zero-order chi connectivity index (χ0) is 14.9. The van der Waals surface area contributed by atoms with Gasteiger partial charge in [-0.15, -0.1) is 0 Å². The molecule has 1 heterocycles. The molecular weight excluding hydrogens is 328 g/mol. The smallest absolute Gasteiger partial charge is 0.270 e. The number of nitrogens with zero attached hydrogens (tertiary/aromatic N) is 2. The topological polar surface area (TPSA) is 72.7 Å². The molecule has 0 bridgehead atoms. The Bertz CT molecular complexity index is 559. The number of hydrogen-bond donors (Lipinski definition) is 0. The largest absolute Gasteiger partial charge is 0.372 e. The number of non-ortho nitro benzene ring substituents is 1.